The van der Waals surface area contributed by atoms with Crippen LogP contribution in [0.2, 0.25) is 0 Å². The minimum absolute atomic E-state index is 0.204. The second-order valence-corrected chi connectivity index (χ2v) is 5.20. The summed E-state index contributed by atoms with van der Waals surface area (Å²) in [5.41, 5.74) is 6.40. The van der Waals surface area contributed by atoms with Gasteiger partial charge in [-0.05, 0) is 31.9 Å². The molecule has 0 unspecified atom stereocenters. The summed E-state index contributed by atoms with van der Waals surface area (Å²) in [4.78, 5) is 29.2. The van der Waals surface area contributed by atoms with Crippen molar-refractivity contribution in [2.75, 3.05) is 7.05 Å². The van der Waals surface area contributed by atoms with Crippen LogP contribution in [0.1, 0.15) is 28.9 Å². The highest BCUT2D eigenvalue weighted by Crippen LogP contribution is 2.30. The van der Waals surface area contributed by atoms with E-state index in [4.69, 9.17) is 5.73 Å². The number of aliphatic hydroxyl groups is 1. The van der Waals surface area contributed by atoms with Crippen LogP contribution in [0.4, 0.5) is 0 Å². The summed E-state index contributed by atoms with van der Waals surface area (Å²) in [6.45, 7) is 1.76. The molecule has 1 aliphatic rings. The molecule has 1 heterocycles. The number of primary amides is 1. The molecule has 0 saturated heterocycles. The molecule has 0 aliphatic heterocycles. The smallest absolute Gasteiger partial charge is 0.255 e. The van der Waals surface area contributed by atoms with Crippen molar-refractivity contribution in [3.63, 3.8) is 0 Å². The van der Waals surface area contributed by atoms with Crippen LogP contribution in [-0.4, -0.2) is 46.0 Å². The van der Waals surface area contributed by atoms with Gasteiger partial charge in [0.1, 0.15) is 0 Å². The van der Waals surface area contributed by atoms with Crippen LogP contribution in [-0.2, 0) is 4.79 Å². The van der Waals surface area contributed by atoms with Gasteiger partial charge in [0.25, 0.3) is 5.91 Å². The van der Waals surface area contributed by atoms with Crippen molar-refractivity contribution >= 4 is 11.8 Å². The van der Waals surface area contributed by atoms with Crippen molar-refractivity contribution in [1.29, 1.82) is 0 Å². The molecule has 1 aromatic heterocycles. The van der Waals surface area contributed by atoms with E-state index >= 15 is 0 Å². The number of aliphatic hydroxyl groups excluding tert-OH is 1. The molecule has 6 heteroatoms. The van der Waals surface area contributed by atoms with Gasteiger partial charge in [0.05, 0.1) is 23.6 Å². The van der Waals surface area contributed by atoms with E-state index < -0.39 is 17.9 Å². The third-order valence-electron chi connectivity index (χ3n) is 4.00. The SMILES string of the molecule is Cc1ncccc1C(=O)N(C)[C@@H]1CC[C@@H](C(N)=O)[C@@H]1O. The Hall–Kier alpha value is -1.95. The fraction of sp³-hybridized carbons (Fsp3) is 0.500. The van der Waals surface area contributed by atoms with Gasteiger partial charge in [-0.25, -0.2) is 0 Å². The minimum Gasteiger partial charge on any atom is -0.390 e. The van der Waals surface area contributed by atoms with E-state index in [9.17, 15) is 14.7 Å². The molecule has 0 aromatic carbocycles. The summed E-state index contributed by atoms with van der Waals surface area (Å²) in [7, 11) is 1.63. The topological polar surface area (TPSA) is 96.5 Å². The van der Waals surface area contributed by atoms with Crippen LogP contribution in [0, 0.1) is 12.8 Å². The molecule has 1 aromatic rings. The Balaban J connectivity index is 2.16. The van der Waals surface area contributed by atoms with Crippen LogP contribution in [0.15, 0.2) is 18.3 Å². The maximum absolute atomic E-state index is 12.4. The van der Waals surface area contributed by atoms with E-state index in [-0.39, 0.29) is 11.9 Å². The zero-order valence-corrected chi connectivity index (χ0v) is 11.6. The minimum atomic E-state index is -0.904. The molecular formula is C14H19N3O3. The molecule has 108 valence electrons. The first-order valence-corrected chi connectivity index (χ1v) is 6.59. The molecule has 2 rings (SSSR count). The van der Waals surface area contributed by atoms with Gasteiger partial charge in [0, 0.05) is 18.9 Å². The predicted molar refractivity (Wildman–Crippen MR) is 72.8 cm³/mol. The molecular weight excluding hydrogens is 258 g/mol. The summed E-state index contributed by atoms with van der Waals surface area (Å²) in [6.07, 6.45) is 1.79. The number of pyridine rings is 1. The Morgan fingerprint density at radius 1 is 1.45 bits per heavy atom. The highest BCUT2D eigenvalue weighted by atomic mass is 16.3. The van der Waals surface area contributed by atoms with Crippen molar-refractivity contribution in [3.05, 3.63) is 29.6 Å². The molecule has 0 radical (unpaired) electrons. The first-order chi connectivity index (χ1) is 9.43. The second kappa shape index (κ2) is 5.58. The van der Waals surface area contributed by atoms with Crippen molar-refractivity contribution in [2.45, 2.75) is 31.9 Å². The van der Waals surface area contributed by atoms with Crippen molar-refractivity contribution in [1.82, 2.24) is 9.88 Å². The van der Waals surface area contributed by atoms with Gasteiger partial charge < -0.3 is 15.7 Å². The zero-order chi connectivity index (χ0) is 14.9. The molecule has 3 N–H and O–H groups in total. The largest absolute Gasteiger partial charge is 0.390 e. The predicted octanol–water partition coefficient (Wildman–Crippen LogP) is 0.0868. The third-order valence-corrected chi connectivity index (χ3v) is 4.00. The number of carbonyl (C=O) groups excluding carboxylic acids is 2. The van der Waals surface area contributed by atoms with E-state index in [1.807, 2.05) is 0 Å². The summed E-state index contributed by atoms with van der Waals surface area (Å²) in [6, 6.07) is 3.01. The van der Waals surface area contributed by atoms with Gasteiger partial charge in [-0.1, -0.05) is 0 Å². The van der Waals surface area contributed by atoms with E-state index in [0.717, 1.165) is 0 Å². The molecule has 1 aliphatic carbocycles. The molecule has 1 saturated carbocycles. The Bertz CT molecular complexity index is 532. The summed E-state index contributed by atoms with van der Waals surface area (Å²) >= 11 is 0. The number of rotatable bonds is 3. The van der Waals surface area contributed by atoms with Crippen molar-refractivity contribution in [3.8, 4) is 0 Å². The quantitative estimate of drug-likeness (QED) is 0.818. The average molecular weight is 277 g/mol. The number of carbonyl (C=O) groups is 2. The van der Waals surface area contributed by atoms with Gasteiger partial charge in [-0.2, -0.15) is 0 Å². The number of aromatic nitrogens is 1. The normalized spacial score (nSPS) is 25.4. The number of nitrogens with zero attached hydrogens (tertiary/aromatic N) is 2. The van der Waals surface area contributed by atoms with E-state index in [0.29, 0.717) is 24.1 Å². The summed E-state index contributed by atoms with van der Waals surface area (Å²) < 4.78 is 0. The van der Waals surface area contributed by atoms with Gasteiger partial charge >= 0.3 is 0 Å². The molecule has 6 nitrogen and oxygen atoms in total. The molecule has 3 atom stereocenters. The zero-order valence-electron chi connectivity index (χ0n) is 11.6. The number of aryl methyl sites for hydroxylation is 1. The number of hydrogen-bond acceptors (Lipinski definition) is 4. The number of nitrogens with two attached hydrogens (primary N) is 1. The standard InChI is InChI=1S/C14H19N3O3/c1-8-9(4-3-7-16-8)14(20)17(2)11-6-5-10(12(11)18)13(15)19/h3-4,7,10-12,18H,5-6H2,1-2H3,(H2,15,19)/t10-,11-,12+/m1/s1. The van der Waals surface area contributed by atoms with Crippen LogP contribution in [0.3, 0.4) is 0 Å². The molecule has 0 bridgehead atoms. The van der Waals surface area contributed by atoms with Gasteiger partial charge in [-0.15, -0.1) is 0 Å². The first-order valence-electron chi connectivity index (χ1n) is 6.59. The maximum Gasteiger partial charge on any atom is 0.255 e. The first kappa shape index (κ1) is 14.5. The highest BCUT2D eigenvalue weighted by Gasteiger charge is 2.41. The lowest BCUT2D eigenvalue weighted by Gasteiger charge is -2.28. The monoisotopic (exact) mass is 277 g/mol. The summed E-state index contributed by atoms with van der Waals surface area (Å²) in [5, 5.41) is 10.1. The van der Waals surface area contributed by atoms with E-state index in [2.05, 4.69) is 4.98 Å². The lowest BCUT2D eigenvalue weighted by Crippen LogP contribution is -2.45. The lowest BCUT2D eigenvalue weighted by molar-refractivity contribution is -0.124. The Morgan fingerprint density at radius 3 is 2.70 bits per heavy atom. The lowest BCUT2D eigenvalue weighted by atomic mass is 10.0. The van der Waals surface area contributed by atoms with Crippen molar-refractivity contribution < 1.29 is 14.7 Å². The van der Waals surface area contributed by atoms with Gasteiger partial charge in [0.15, 0.2) is 0 Å². The van der Waals surface area contributed by atoms with Crippen LogP contribution >= 0.6 is 0 Å². The Labute approximate surface area is 117 Å². The fourth-order valence-corrected chi connectivity index (χ4v) is 2.74. The molecule has 1 fully saturated rings. The average Bonchev–Trinajstić information content (AvgIpc) is 2.79. The maximum atomic E-state index is 12.4. The number of amides is 2. The Kier molecular flexibility index (Phi) is 4.04. The number of hydrogen-bond donors (Lipinski definition) is 2. The highest BCUT2D eigenvalue weighted by molar-refractivity contribution is 5.95. The molecule has 2 amide bonds. The third kappa shape index (κ3) is 2.51. The van der Waals surface area contributed by atoms with Crippen LogP contribution < -0.4 is 5.73 Å². The van der Waals surface area contributed by atoms with Crippen LogP contribution in [0.5, 0.6) is 0 Å². The second-order valence-electron chi connectivity index (χ2n) is 5.20. The van der Waals surface area contributed by atoms with Crippen molar-refractivity contribution in [2.24, 2.45) is 11.7 Å². The van der Waals surface area contributed by atoms with E-state index in [1.54, 1.807) is 32.3 Å². The fourth-order valence-electron chi connectivity index (χ4n) is 2.74. The van der Waals surface area contributed by atoms with Gasteiger partial charge in [-0.3, -0.25) is 14.6 Å². The van der Waals surface area contributed by atoms with Gasteiger partial charge in [0.2, 0.25) is 5.91 Å². The molecule has 20 heavy (non-hydrogen) atoms. The summed E-state index contributed by atoms with van der Waals surface area (Å²) in [5.74, 6) is -1.30. The van der Waals surface area contributed by atoms with Crippen LogP contribution in [0.25, 0.3) is 0 Å². The number of likely N-dealkylation sites (N-methyl/N-ethyl adjacent to an activating group) is 1. The van der Waals surface area contributed by atoms with E-state index in [1.165, 1.54) is 4.90 Å². The Morgan fingerprint density at radius 2 is 2.15 bits per heavy atom. The molecule has 0 spiro atoms.